The molecule has 108 valence electrons. The summed E-state index contributed by atoms with van der Waals surface area (Å²) in [6.45, 7) is 5.69. The van der Waals surface area contributed by atoms with E-state index in [9.17, 15) is 9.59 Å². The van der Waals surface area contributed by atoms with Crippen molar-refractivity contribution in [3.05, 3.63) is 47.5 Å². The normalized spacial score (nSPS) is 11.5. The molecular formula is C14H18ClN3O2. The predicted octanol–water partition coefficient (Wildman–Crippen LogP) is 2.00. The largest absolute Gasteiger partial charge is 0.334 e. The first-order valence-corrected chi connectivity index (χ1v) is 6.58. The number of nitrogens with one attached hydrogen (secondary N) is 3. The second-order valence-corrected chi connectivity index (χ2v) is 4.58. The number of hydrogen-bond acceptors (Lipinski definition) is 3. The van der Waals surface area contributed by atoms with Gasteiger partial charge in [0.2, 0.25) is 5.91 Å². The molecule has 1 unspecified atom stereocenters. The van der Waals surface area contributed by atoms with Gasteiger partial charge < -0.3 is 10.6 Å². The number of halogens is 1. The fraction of sp³-hybridized carbons (Fsp3) is 0.286. The van der Waals surface area contributed by atoms with Crippen molar-refractivity contribution in [2.45, 2.75) is 13.0 Å². The topological polar surface area (TPSA) is 70.2 Å². The Hall–Kier alpha value is -1.85. The van der Waals surface area contributed by atoms with Crippen LogP contribution in [0, 0.1) is 0 Å². The number of urea groups is 1. The van der Waals surface area contributed by atoms with Crippen LogP contribution in [0.2, 0.25) is 5.02 Å². The molecule has 0 saturated heterocycles. The van der Waals surface area contributed by atoms with Gasteiger partial charge in [-0.1, -0.05) is 35.9 Å². The summed E-state index contributed by atoms with van der Waals surface area (Å²) in [5.74, 6) is -0.412. The molecule has 0 fully saturated rings. The van der Waals surface area contributed by atoms with Crippen molar-refractivity contribution < 1.29 is 9.59 Å². The van der Waals surface area contributed by atoms with Crippen LogP contribution in [0.1, 0.15) is 18.5 Å². The Labute approximate surface area is 123 Å². The van der Waals surface area contributed by atoms with Crippen LogP contribution < -0.4 is 16.0 Å². The van der Waals surface area contributed by atoms with Gasteiger partial charge in [0, 0.05) is 17.6 Å². The van der Waals surface area contributed by atoms with E-state index in [1.54, 1.807) is 6.07 Å². The number of carbonyl (C=O) groups is 2. The highest BCUT2D eigenvalue weighted by Gasteiger charge is 2.11. The summed E-state index contributed by atoms with van der Waals surface area (Å²) in [5, 5.41) is 8.30. The molecule has 1 aromatic rings. The minimum atomic E-state index is -0.540. The van der Waals surface area contributed by atoms with Gasteiger partial charge in [-0.05, 0) is 18.6 Å². The SMILES string of the molecule is C=CCNC(=O)NC(=O)CNC(C)c1ccccc1Cl. The average Bonchev–Trinajstić information content (AvgIpc) is 2.43. The molecule has 0 aliphatic heterocycles. The van der Waals surface area contributed by atoms with Gasteiger partial charge in [-0.25, -0.2) is 4.79 Å². The molecule has 1 atom stereocenters. The van der Waals surface area contributed by atoms with E-state index in [2.05, 4.69) is 22.5 Å². The van der Waals surface area contributed by atoms with Crippen LogP contribution in [-0.4, -0.2) is 25.0 Å². The quantitative estimate of drug-likeness (QED) is 0.703. The van der Waals surface area contributed by atoms with E-state index in [1.165, 1.54) is 6.08 Å². The molecular weight excluding hydrogens is 278 g/mol. The molecule has 5 nitrogen and oxygen atoms in total. The highest BCUT2D eigenvalue weighted by molar-refractivity contribution is 6.31. The first kappa shape index (κ1) is 16.2. The summed E-state index contributed by atoms with van der Waals surface area (Å²) in [5.41, 5.74) is 0.901. The van der Waals surface area contributed by atoms with Gasteiger partial charge in [0.1, 0.15) is 0 Å². The van der Waals surface area contributed by atoms with Crippen LogP contribution in [0.15, 0.2) is 36.9 Å². The molecule has 3 amide bonds. The van der Waals surface area contributed by atoms with E-state index in [4.69, 9.17) is 11.6 Å². The Bertz CT molecular complexity index is 491. The number of carbonyl (C=O) groups excluding carboxylic acids is 2. The number of imide groups is 1. The third-order valence-electron chi connectivity index (χ3n) is 2.60. The average molecular weight is 296 g/mol. The Morgan fingerprint density at radius 3 is 2.75 bits per heavy atom. The summed E-state index contributed by atoms with van der Waals surface area (Å²) >= 11 is 6.06. The third-order valence-corrected chi connectivity index (χ3v) is 2.94. The third kappa shape index (κ3) is 5.42. The van der Waals surface area contributed by atoms with Crippen molar-refractivity contribution in [3.63, 3.8) is 0 Å². The van der Waals surface area contributed by atoms with Crippen LogP contribution in [0.25, 0.3) is 0 Å². The van der Waals surface area contributed by atoms with Crippen LogP contribution in [0.3, 0.4) is 0 Å². The highest BCUT2D eigenvalue weighted by atomic mass is 35.5. The first-order valence-electron chi connectivity index (χ1n) is 6.21. The zero-order chi connectivity index (χ0) is 15.0. The molecule has 1 rings (SSSR count). The van der Waals surface area contributed by atoms with Gasteiger partial charge >= 0.3 is 6.03 Å². The Morgan fingerprint density at radius 1 is 1.40 bits per heavy atom. The Morgan fingerprint density at radius 2 is 2.10 bits per heavy atom. The monoisotopic (exact) mass is 295 g/mol. The lowest BCUT2D eigenvalue weighted by Crippen LogP contribution is -2.43. The van der Waals surface area contributed by atoms with Gasteiger partial charge in [0.15, 0.2) is 0 Å². The van der Waals surface area contributed by atoms with E-state index < -0.39 is 11.9 Å². The predicted molar refractivity (Wildman–Crippen MR) is 79.6 cm³/mol. The summed E-state index contributed by atoms with van der Waals surface area (Å²) in [6, 6.07) is 6.76. The second kappa shape index (κ2) is 8.35. The molecule has 6 heteroatoms. The fourth-order valence-electron chi connectivity index (χ4n) is 1.56. The molecule has 0 radical (unpaired) electrons. The lowest BCUT2D eigenvalue weighted by atomic mass is 10.1. The lowest BCUT2D eigenvalue weighted by molar-refractivity contribution is -0.119. The van der Waals surface area contributed by atoms with E-state index in [0.717, 1.165) is 5.56 Å². The van der Waals surface area contributed by atoms with Gasteiger partial charge in [0.25, 0.3) is 0 Å². The molecule has 0 aliphatic rings. The number of amides is 3. The standard InChI is InChI=1S/C14H18ClN3O2/c1-3-8-16-14(20)18-13(19)9-17-10(2)11-6-4-5-7-12(11)15/h3-7,10,17H,1,8-9H2,2H3,(H2,16,18,19,20). The highest BCUT2D eigenvalue weighted by Crippen LogP contribution is 2.21. The minimum Gasteiger partial charge on any atom is -0.334 e. The molecule has 0 spiro atoms. The van der Waals surface area contributed by atoms with E-state index >= 15 is 0 Å². The fourth-order valence-corrected chi connectivity index (χ4v) is 1.86. The van der Waals surface area contributed by atoms with Crippen LogP contribution in [0.5, 0.6) is 0 Å². The number of rotatable bonds is 6. The minimum absolute atomic E-state index is 0.0217. The van der Waals surface area contributed by atoms with Gasteiger partial charge in [-0.3, -0.25) is 10.1 Å². The molecule has 20 heavy (non-hydrogen) atoms. The van der Waals surface area contributed by atoms with Gasteiger partial charge in [0.05, 0.1) is 6.54 Å². The van der Waals surface area contributed by atoms with E-state index in [1.807, 2.05) is 25.1 Å². The molecule has 1 aromatic carbocycles. The lowest BCUT2D eigenvalue weighted by Gasteiger charge is -2.15. The van der Waals surface area contributed by atoms with Gasteiger partial charge in [-0.2, -0.15) is 0 Å². The zero-order valence-electron chi connectivity index (χ0n) is 11.3. The van der Waals surface area contributed by atoms with Crippen molar-refractivity contribution in [1.29, 1.82) is 0 Å². The van der Waals surface area contributed by atoms with Gasteiger partial charge in [-0.15, -0.1) is 6.58 Å². The molecule has 0 aliphatic carbocycles. The van der Waals surface area contributed by atoms with Crippen molar-refractivity contribution in [2.24, 2.45) is 0 Å². The summed E-state index contributed by atoms with van der Waals surface area (Å²) < 4.78 is 0. The number of benzene rings is 1. The molecule has 3 N–H and O–H groups in total. The molecule has 0 bridgehead atoms. The van der Waals surface area contributed by atoms with Crippen LogP contribution in [-0.2, 0) is 4.79 Å². The molecule has 0 heterocycles. The smallest absolute Gasteiger partial charge is 0.321 e. The van der Waals surface area contributed by atoms with Crippen LogP contribution >= 0.6 is 11.6 Å². The van der Waals surface area contributed by atoms with Crippen molar-refractivity contribution in [3.8, 4) is 0 Å². The van der Waals surface area contributed by atoms with E-state index in [0.29, 0.717) is 11.6 Å². The summed E-state index contributed by atoms with van der Waals surface area (Å²) in [6.07, 6.45) is 1.53. The van der Waals surface area contributed by atoms with Crippen molar-refractivity contribution >= 4 is 23.5 Å². The Kier molecular flexibility index (Phi) is 6.76. The maximum absolute atomic E-state index is 11.5. The maximum atomic E-state index is 11.5. The first-order chi connectivity index (χ1) is 9.54. The Balaban J connectivity index is 2.39. The van der Waals surface area contributed by atoms with Crippen LogP contribution in [0.4, 0.5) is 4.79 Å². The number of hydrogen-bond donors (Lipinski definition) is 3. The molecule has 0 saturated carbocycles. The van der Waals surface area contributed by atoms with E-state index in [-0.39, 0.29) is 12.6 Å². The van der Waals surface area contributed by atoms with Crippen molar-refractivity contribution in [1.82, 2.24) is 16.0 Å². The second-order valence-electron chi connectivity index (χ2n) is 4.17. The maximum Gasteiger partial charge on any atom is 0.321 e. The zero-order valence-corrected chi connectivity index (χ0v) is 12.0. The summed E-state index contributed by atoms with van der Waals surface area (Å²) in [4.78, 5) is 22.8. The molecule has 0 aromatic heterocycles. The van der Waals surface area contributed by atoms with Crippen molar-refractivity contribution in [2.75, 3.05) is 13.1 Å². The summed E-state index contributed by atoms with van der Waals surface area (Å²) in [7, 11) is 0.